The van der Waals surface area contributed by atoms with E-state index < -0.39 is 25.0 Å². The molecule has 0 aliphatic carbocycles. The quantitative estimate of drug-likeness (QED) is 0.494. The van der Waals surface area contributed by atoms with Gasteiger partial charge in [0.25, 0.3) is 0 Å². The van der Waals surface area contributed by atoms with Gasteiger partial charge in [0.15, 0.2) is 5.75 Å². The van der Waals surface area contributed by atoms with Crippen LogP contribution in [-0.4, -0.2) is 5.11 Å². The molecular formula is C19H18Cl2OPTi+. The number of phenols is 1. The second-order valence-corrected chi connectivity index (χ2v) is 10.2. The zero-order chi connectivity index (χ0) is 17.4. The molecule has 122 valence electrons. The molecule has 0 aliphatic rings. The molecule has 5 heteroatoms. The minimum absolute atomic E-state index is 0.430. The Morgan fingerprint density at radius 2 is 1.21 bits per heavy atom. The van der Waals surface area contributed by atoms with E-state index in [1.165, 1.54) is 10.6 Å². The topological polar surface area (TPSA) is 20.2 Å². The van der Waals surface area contributed by atoms with Gasteiger partial charge in [-0.25, -0.2) is 0 Å². The van der Waals surface area contributed by atoms with Crippen molar-refractivity contribution < 1.29 is 22.1 Å². The molecule has 0 bridgehead atoms. The zero-order valence-corrected chi connectivity index (χ0v) is 17.3. The van der Waals surface area contributed by atoms with Gasteiger partial charge in [0.2, 0.25) is 0 Å². The van der Waals surface area contributed by atoms with Crippen LogP contribution in [0.3, 0.4) is 0 Å². The van der Waals surface area contributed by atoms with Gasteiger partial charge >= 0.3 is 35.6 Å². The number of halogens is 2. The Kier molecular flexibility index (Phi) is 8.32. The third kappa shape index (κ3) is 5.09. The van der Waals surface area contributed by atoms with Gasteiger partial charge in [-0.2, -0.15) is 0 Å². The third-order valence-corrected chi connectivity index (χ3v) is 6.40. The van der Waals surface area contributed by atoms with Crippen LogP contribution >= 0.6 is 26.5 Å². The molecule has 0 unspecified atom stereocenters. The summed E-state index contributed by atoms with van der Waals surface area (Å²) >= 11 is -0.556. The summed E-state index contributed by atoms with van der Waals surface area (Å²) in [5.41, 5.74) is 0.932. The zero-order valence-electron chi connectivity index (χ0n) is 13.2. The van der Waals surface area contributed by atoms with Crippen LogP contribution < -0.4 is 15.9 Å². The molecule has 3 aromatic carbocycles. The van der Waals surface area contributed by atoms with Crippen molar-refractivity contribution in [1.29, 1.82) is 0 Å². The minimum atomic E-state index is -1.18. The van der Waals surface area contributed by atoms with Crippen LogP contribution in [0.1, 0.15) is 5.56 Å². The predicted molar refractivity (Wildman–Crippen MR) is 105 cm³/mol. The van der Waals surface area contributed by atoms with E-state index in [0.717, 1.165) is 10.9 Å². The molecule has 3 rings (SSSR count). The fourth-order valence-electron chi connectivity index (χ4n) is 2.55. The van der Waals surface area contributed by atoms with Crippen LogP contribution in [-0.2, 0) is 17.0 Å². The number of aryl methyl sites for hydroxylation is 1. The first-order valence-corrected chi connectivity index (χ1v) is 13.2. The van der Waals surface area contributed by atoms with Crippen molar-refractivity contribution >= 4 is 42.4 Å². The first-order valence-electron chi connectivity index (χ1n) is 7.42. The van der Waals surface area contributed by atoms with E-state index in [4.69, 9.17) is 18.6 Å². The number of benzene rings is 3. The summed E-state index contributed by atoms with van der Waals surface area (Å²) in [5, 5.41) is 14.1. The molecule has 0 saturated carbocycles. The van der Waals surface area contributed by atoms with Crippen LogP contribution in [0.4, 0.5) is 0 Å². The Hall–Kier alpha value is -0.816. The summed E-state index contributed by atoms with van der Waals surface area (Å²) in [4.78, 5) is 0. The molecule has 0 atom stereocenters. The second-order valence-electron chi connectivity index (χ2n) is 5.15. The second kappa shape index (κ2) is 10.2. The van der Waals surface area contributed by atoms with Gasteiger partial charge in [-0.05, 0) is 42.8 Å². The number of aromatic hydroxyl groups is 1. The monoisotopic (exact) mass is 411 g/mol. The van der Waals surface area contributed by atoms with Gasteiger partial charge in [-0.3, -0.25) is 0 Å². The molecule has 0 heterocycles. The molecule has 0 spiro atoms. The maximum absolute atomic E-state index is 10.5. The molecule has 0 amide bonds. The number of hydrogen-bond donors (Lipinski definition) is 1. The average Bonchev–Trinajstić information content (AvgIpc) is 2.62. The molecule has 0 fully saturated rings. The number of hydrogen-bond acceptors (Lipinski definition) is 1. The molecule has 0 radical (unpaired) electrons. The summed E-state index contributed by atoms with van der Waals surface area (Å²) in [5.74, 6) is 0.430. The van der Waals surface area contributed by atoms with Crippen molar-refractivity contribution in [1.82, 2.24) is 0 Å². The van der Waals surface area contributed by atoms with Crippen molar-refractivity contribution in [2.24, 2.45) is 0 Å². The van der Waals surface area contributed by atoms with Crippen LogP contribution in [0.15, 0.2) is 78.9 Å². The molecule has 1 N–H and O–H groups in total. The summed E-state index contributed by atoms with van der Waals surface area (Å²) in [6.45, 7) is 1.95. The van der Waals surface area contributed by atoms with E-state index >= 15 is 0 Å². The predicted octanol–water partition coefficient (Wildman–Crippen LogP) is 4.57. The molecule has 0 aliphatic heterocycles. The molecule has 3 aromatic rings. The summed E-state index contributed by atoms with van der Waals surface area (Å²) < 4.78 is 0. The van der Waals surface area contributed by atoms with Crippen molar-refractivity contribution in [3.8, 4) is 5.75 Å². The molecule has 0 saturated heterocycles. The maximum atomic E-state index is 10.5. The van der Waals surface area contributed by atoms with Crippen molar-refractivity contribution in [2.75, 3.05) is 0 Å². The van der Waals surface area contributed by atoms with E-state index in [1.54, 1.807) is 0 Å². The first-order chi connectivity index (χ1) is 11.7. The van der Waals surface area contributed by atoms with E-state index in [0.29, 0.717) is 5.75 Å². The van der Waals surface area contributed by atoms with Gasteiger partial charge < -0.3 is 5.11 Å². The Balaban J connectivity index is 0.000000647. The average molecular weight is 412 g/mol. The third-order valence-electron chi connectivity index (χ3n) is 3.63. The van der Waals surface area contributed by atoms with Gasteiger partial charge in [0.05, 0.1) is 0 Å². The van der Waals surface area contributed by atoms with Crippen molar-refractivity contribution in [3.63, 3.8) is 0 Å². The van der Waals surface area contributed by atoms with Crippen LogP contribution in [0.5, 0.6) is 5.75 Å². The summed E-state index contributed by atoms with van der Waals surface area (Å²) in [7, 11) is 8.60. The summed E-state index contributed by atoms with van der Waals surface area (Å²) in [6.07, 6.45) is 0. The van der Waals surface area contributed by atoms with Crippen molar-refractivity contribution in [2.45, 2.75) is 6.92 Å². The van der Waals surface area contributed by atoms with Crippen LogP contribution in [0, 0.1) is 6.92 Å². The van der Waals surface area contributed by atoms with E-state index in [-0.39, 0.29) is 0 Å². The van der Waals surface area contributed by atoms with Gasteiger partial charge in [0, 0.05) is 0 Å². The van der Waals surface area contributed by atoms with Gasteiger partial charge in [-0.15, -0.1) is 0 Å². The fourth-order valence-corrected chi connectivity index (χ4v) is 5.25. The number of phenolic OH excluding ortho intramolecular Hbond substituents is 1. The summed E-state index contributed by atoms with van der Waals surface area (Å²) in [6, 6.07) is 27.0. The van der Waals surface area contributed by atoms with Crippen LogP contribution in [0.25, 0.3) is 0 Å². The van der Waals surface area contributed by atoms with Gasteiger partial charge in [0.1, 0.15) is 23.8 Å². The normalized spacial score (nSPS) is 10.0. The molecule has 0 aromatic heterocycles. The first kappa shape index (κ1) is 19.5. The Morgan fingerprint density at radius 1 is 0.750 bits per heavy atom. The Morgan fingerprint density at radius 3 is 1.67 bits per heavy atom. The van der Waals surface area contributed by atoms with E-state index in [9.17, 15) is 5.11 Å². The SMILES string of the molecule is Cc1cccc([PH+](c2ccccc2)c2ccccc2)c1O.[Cl][Ti][Cl]. The molecule has 24 heavy (non-hydrogen) atoms. The van der Waals surface area contributed by atoms with Crippen molar-refractivity contribution in [3.05, 3.63) is 84.4 Å². The molecule has 1 nitrogen and oxygen atoms in total. The van der Waals surface area contributed by atoms with E-state index in [2.05, 4.69) is 54.6 Å². The number of rotatable bonds is 3. The van der Waals surface area contributed by atoms with Crippen LogP contribution in [0.2, 0.25) is 0 Å². The standard InChI is InChI=1S/C19H17OP.2ClH.Ti/c1-15-9-8-14-18(19(15)20)21(16-10-4-2-5-11-16)17-12-6-3-7-13-17;;;/h2-14,20H,1H3;2*1H;/q;;;+2/p-1. The number of para-hydroxylation sites is 1. The molecular weight excluding hydrogens is 394 g/mol. The van der Waals surface area contributed by atoms with Gasteiger partial charge in [-0.1, -0.05) is 48.5 Å². The Bertz CT molecular complexity index is 714. The fraction of sp³-hybridized carbons (Fsp3) is 0.0526. The van der Waals surface area contributed by atoms with E-state index in [1.807, 2.05) is 31.2 Å². The Labute approximate surface area is 161 Å².